The summed E-state index contributed by atoms with van der Waals surface area (Å²) in [6.07, 6.45) is 4.85. The predicted molar refractivity (Wildman–Crippen MR) is 84.0 cm³/mol. The highest BCUT2D eigenvalue weighted by Gasteiger charge is 2.80. The van der Waals surface area contributed by atoms with E-state index in [0.29, 0.717) is 12.5 Å². The highest BCUT2D eigenvalue weighted by atomic mass is 16.6. The third kappa shape index (κ3) is 1.91. The summed E-state index contributed by atoms with van der Waals surface area (Å²) < 4.78 is 10.4. The summed E-state index contributed by atoms with van der Waals surface area (Å²) in [5.41, 5.74) is -0.369. The van der Waals surface area contributed by atoms with E-state index in [9.17, 15) is 14.4 Å². The monoisotopic (exact) mass is 335 g/mol. The van der Waals surface area contributed by atoms with Crippen molar-refractivity contribution in [2.45, 2.75) is 58.1 Å². The van der Waals surface area contributed by atoms with Gasteiger partial charge in [-0.3, -0.25) is 4.79 Å². The molecule has 2 unspecified atom stereocenters. The Morgan fingerprint density at radius 1 is 1.46 bits per heavy atom. The molecule has 1 N–H and O–H groups in total. The zero-order valence-corrected chi connectivity index (χ0v) is 14.2. The van der Waals surface area contributed by atoms with Crippen LogP contribution in [0.2, 0.25) is 0 Å². The van der Waals surface area contributed by atoms with Crippen LogP contribution in [0.5, 0.6) is 0 Å². The predicted octanol–water partition coefficient (Wildman–Crippen LogP) is 2.06. The number of hydrogen-bond donors (Lipinski definition) is 1. The fourth-order valence-electron chi connectivity index (χ4n) is 6.27. The Balaban J connectivity index is 1.55. The van der Waals surface area contributed by atoms with Crippen molar-refractivity contribution in [2.75, 3.05) is 6.61 Å². The molecule has 1 amide bonds. The number of rotatable bonds is 3. The Morgan fingerprint density at radius 2 is 2.25 bits per heavy atom. The number of hydrogen-bond acceptors (Lipinski definition) is 5. The SMILES string of the molecule is CCOC(=O)NC1CC[C@@]23CC2(C=O)[C@@H]2[C@@H](C)OC(=O)[C@@H]2C[C@@H]3C1. The van der Waals surface area contributed by atoms with Gasteiger partial charge in [0, 0.05) is 17.4 Å². The van der Waals surface area contributed by atoms with Gasteiger partial charge >= 0.3 is 12.1 Å². The van der Waals surface area contributed by atoms with Crippen molar-refractivity contribution in [3.63, 3.8) is 0 Å². The second kappa shape index (κ2) is 5.20. The normalized spacial score (nSPS) is 48.4. The van der Waals surface area contributed by atoms with Gasteiger partial charge in [-0.1, -0.05) is 0 Å². The first kappa shape index (κ1) is 15.9. The number of nitrogens with one attached hydrogen (secondary N) is 1. The van der Waals surface area contributed by atoms with E-state index in [4.69, 9.17) is 9.47 Å². The Bertz CT molecular complexity index is 592. The first-order chi connectivity index (χ1) is 11.5. The van der Waals surface area contributed by atoms with Crippen molar-refractivity contribution >= 4 is 18.3 Å². The zero-order valence-electron chi connectivity index (χ0n) is 14.2. The van der Waals surface area contributed by atoms with E-state index in [-0.39, 0.29) is 46.9 Å². The second-order valence-corrected chi connectivity index (χ2v) is 8.03. The van der Waals surface area contributed by atoms with Gasteiger partial charge in [0.05, 0.1) is 12.5 Å². The Morgan fingerprint density at radius 3 is 2.96 bits per heavy atom. The molecule has 24 heavy (non-hydrogen) atoms. The molecule has 0 aromatic carbocycles. The molecule has 1 saturated heterocycles. The fourth-order valence-corrected chi connectivity index (χ4v) is 6.27. The van der Waals surface area contributed by atoms with Crippen LogP contribution in [0.1, 0.15) is 46.0 Å². The average molecular weight is 335 g/mol. The maximum Gasteiger partial charge on any atom is 0.407 e. The summed E-state index contributed by atoms with van der Waals surface area (Å²) in [7, 11) is 0. The number of carbonyl (C=O) groups is 3. The van der Waals surface area contributed by atoms with Gasteiger partial charge in [0.1, 0.15) is 12.4 Å². The van der Waals surface area contributed by atoms with Crippen LogP contribution in [-0.2, 0) is 19.1 Å². The van der Waals surface area contributed by atoms with Crippen molar-refractivity contribution < 1.29 is 23.9 Å². The molecule has 1 spiro atoms. The van der Waals surface area contributed by atoms with Crippen LogP contribution in [0.25, 0.3) is 0 Å². The fraction of sp³-hybridized carbons (Fsp3) is 0.833. The molecule has 1 heterocycles. The molecule has 6 heteroatoms. The van der Waals surface area contributed by atoms with E-state index in [1.807, 2.05) is 6.92 Å². The summed E-state index contributed by atoms with van der Waals surface area (Å²) in [6, 6.07) is 0.0658. The highest BCUT2D eigenvalue weighted by Crippen LogP contribution is 2.80. The molecule has 1 aliphatic heterocycles. The third-order valence-corrected chi connectivity index (χ3v) is 7.18. The van der Waals surface area contributed by atoms with Crippen molar-refractivity contribution in [3.8, 4) is 0 Å². The minimum Gasteiger partial charge on any atom is -0.462 e. The van der Waals surface area contributed by atoms with Crippen LogP contribution in [0.15, 0.2) is 0 Å². The Kier molecular flexibility index (Phi) is 3.45. The first-order valence-corrected chi connectivity index (χ1v) is 9.07. The molecule has 0 aromatic rings. The number of ether oxygens (including phenoxy) is 2. The zero-order chi connectivity index (χ0) is 17.1. The number of alkyl carbamates (subject to hydrolysis) is 1. The van der Waals surface area contributed by atoms with Crippen molar-refractivity contribution in [1.29, 1.82) is 0 Å². The molecule has 4 fully saturated rings. The van der Waals surface area contributed by atoms with E-state index in [1.54, 1.807) is 6.92 Å². The van der Waals surface area contributed by atoms with E-state index in [0.717, 1.165) is 38.4 Å². The largest absolute Gasteiger partial charge is 0.462 e. The lowest BCUT2D eigenvalue weighted by atomic mass is 9.57. The van der Waals surface area contributed by atoms with Crippen LogP contribution < -0.4 is 5.32 Å². The minimum atomic E-state index is -0.388. The lowest BCUT2D eigenvalue weighted by Crippen LogP contribution is -2.49. The average Bonchev–Trinajstić information content (AvgIpc) is 3.13. The molecule has 4 aliphatic rings. The van der Waals surface area contributed by atoms with Gasteiger partial charge in [0.15, 0.2) is 0 Å². The van der Waals surface area contributed by atoms with Crippen LogP contribution in [-0.4, -0.2) is 37.1 Å². The van der Waals surface area contributed by atoms with Gasteiger partial charge in [-0.2, -0.15) is 0 Å². The van der Waals surface area contributed by atoms with Gasteiger partial charge in [0.2, 0.25) is 0 Å². The van der Waals surface area contributed by atoms with E-state index in [2.05, 4.69) is 5.32 Å². The van der Waals surface area contributed by atoms with Gasteiger partial charge in [-0.25, -0.2) is 4.79 Å². The Hall–Kier alpha value is -1.59. The van der Waals surface area contributed by atoms with Gasteiger partial charge in [-0.05, 0) is 57.3 Å². The summed E-state index contributed by atoms with van der Waals surface area (Å²) in [5.74, 6) is 0.0256. The second-order valence-electron chi connectivity index (χ2n) is 8.03. The molecule has 3 saturated carbocycles. The van der Waals surface area contributed by atoms with Crippen molar-refractivity contribution in [3.05, 3.63) is 0 Å². The van der Waals surface area contributed by atoms with Gasteiger partial charge in [-0.15, -0.1) is 0 Å². The van der Waals surface area contributed by atoms with E-state index in [1.165, 1.54) is 0 Å². The standard InChI is InChI=1S/C18H25NO5/c1-3-23-16(22)19-12-4-5-17-8-18(17,9-20)14-10(2)24-15(21)13(14)7-11(17)6-12/h9-14H,3-8H2,1-2H3,(H,19,22)/t10-,11+,12?,13-,14-,17+,18?/m1/s1. The molecule has 132 valence electrons. The molecule has 0 radical (unpaired) electrons. The number of amides is 1. The molecule has 3 aliphatic carbocycles. The molecule has 0 bridgehead atoms. The van der Waals surface area contributed by atoms with Crippen LogP contribution in [0, 0.1) is 28.6 Å². The number of fused-ring (bicyclic) bond motifs is 2. The lowest BCUT2D eigenvalue weighted by molar-refractivity contribution is -0.144. The lowest BCUT2D eigenvalue weighted by Gasteiger charge is -2.46. The summed E-state index contributed by atoms with van der Waals surface area (Å²) >= 11 is 0. The summed E-state index contributed by atoms with van der Waals surface area (Å²) in [6.45, 7) is 4.06. The molecule has 4 rings (SSSR count). The molecule has 0 aromatic heterocycles. The van der Waals surface area contributed by atoms with Crippen molar-refractivity contribution in [2.24, 2.45) is 28.6 Å². The maximum absolute atomic E-state index is 12.2. The smallest absolute Gasteiger partial charge is 0.407 e. The number of esters is 1. The number of aldehydes is 1. The van der Waals surface area contributed by atoms with E-state index >= 15 is 0 Å². The first-order valence-electron chi connectivity index (χ1n) is 9.07. The molecule has 7 atom stereocenters. The van der Waals surface area contributed by atoms with Crippen molar-refractivity contribution in [1.82, 2.24) is 5.32 Å². The Labute approximate surface area is 141 Å². The molecular weight excluding hydrogens is 310 g/mol. The molecular formula is C18H25NO5. The topological polar surface area (TPSA) is 81.7 Å². The summed E-state index contributed by atoms with van der Waals surface area (Å²) in [4.78, 5) is 36.0. The van der Waals surface area contributed by atoms with Crippen LogP contribution in [0.4, 0.5) is 4.79 Å². The highest BCUT2D eigenvalue weighted by molar-refractivity contribution is 5.80. The van der Waals surface area contributed by atoms with Crippen LogP contribution >= 0.6 is 0 Å². The van der Waals surface area contributed by atoms with E-state index < -0.39 is 0 Å². The number of cyclic esters (lactones) is 1. The third-order valence-electron chi connectivity index (χ3n) is 7.18. The maximum atomic E-state index is 12.2. The van der Waals surface area contributed by atoms with Gasteiger partial charge < -0.3 is 19.6 Å². The molecule has 6 nitrogen and oxygen atoms in total. The summed E-state index contributed by atoms with van der Waals surface area (Å²) in [5, 5.41) is 2.93. The number of carbonyl (C=O) groups excluding carboxylic acids is 3. The quantitative estimate of drug-likeness (QED) is 0.630. The van der Waals surface area contributed by atoms with Crippen LogP contribution in [0.3, 0.4) is 0 Å². The van der Waals surface area contributed by atoms with Gasteiger partial charge in [0.25, 0.3) is 0 Å². The minimum absolute atomic E-state index is 0.0188.